The molecule has 0 aromatic heterocycles. The molecule has 4 aromatic rings. The van der Waals surface area contributed by atoms with Gasteiger partial charge in [-0.1, -0.05) is 0 Å². The molecule has 2 heterocycles. The molecule has 0 spiro atoms. The van der Waals surface area contributed by atoms with Crippen molar-refractivity contribution in [1.29, 1.82) is 0 Å². The van der Waals surface area contributed by atoms with E-state index in [9.17, 15) is 14.4 Å². The van der Waals surface area contributed by atoms with Gasteiger partial charge in [0, 0.05) is 0 Å². The van der Waals surface area contributed by atoms with E-state index in [1.165, 1.54) is 14.2 Å². The second kappa shape index (κ2) is 10.8. The van der Waals surface area contributed by atoms with Crippen LogP contribution in [0.1, 0.15) is 21.5 Å². The van der Waals surface area contributed by atoms with Crippen molar-refractivity contribution in [3.8, 4) is 0 Å². The first-order valence-electron chi connectivity index (χ1n) is 14.2. The van der Waals surface area contributed by atoms with Crippen molar-refractivity contribution in [3.63, 3.8) is 0 Å². The van der Waals surface area contributed by atoms with Gasteiger partial charge < -0.3 is 0 Å². The van der Waals surface area contributed by atoms with Gasteiger partial charge in [-0.15, -0.1) is 0 Å². The molecule has 224 valence electrons. The molecule has 0 radical (unpaired) electrons. The molecule has 2 aliphatic rings. The van der Waals surface area contributed by atoms with Crippen LogP contribution in [0.3, 0.4) is 0 Å². The number of hydrogen-bond donors (Lipinski definition) is 0. The summed E-state index contributed by atoms with van der Waals surface area (Å²) < 4.78 is 19.9. The third-order valence-corrected chi connectivity index (χ3v) is 12.6. The van der Waals surface area contributed by atoms with E-state index in [2.05, 4.69) is 0 Å². The molecular formula is C35H33N2O6P. The molecule has 0 amide bonds. The van der Waals surface area contributed by atoms with Gasteiger partial charge in [0.25, 0.3) is 0 Å². The van der Waals surface area contributed by atoms with Crippen LogP contribution in [0.25, 0.3) is 0 Å². The maximum absolute atomic E-state index is 14.9. The molecular weight excluding hydrogens is 575 g/mol. The van der Waals surface area contributed by atoms with E-state index >= 15 is 0 Å². The molecule has 1 fully saturated rings. The standard InChI is InChI=1S/C35H33N2O6P/c1-41-33(39)29-31(34(40)42-2)44(3,4)37(35(29,26-19-11-6-12-20-26)27-21-13-7-14-22-27)32(30(38)25-17-9-5-10-18-25)36(43-44)28-23-15-8-16-24-28/h5-24,32H,1-4H3. The Morgan fingerprint density at radius 1 is 0.682 bits per heavy atom. The molecule has 2 aliphatic heterocycles. The number of nitrogens with zero attached hydrogens (tertiary/aromatic N) is 2. The van der Waals surface area contributed by atoms with Crippen molar-refractivity contribution in [2.24, 2.45) is 0 Å². The number of fused-ring (bicyclic) bond motifs is 1. The minimum atomic E-state index is -4.30. The fourth-order valence-electron chi connectivity index (χ4n) is 6.75. The van der Waals surface area contributed by atoms with Crippen molar-refractivity contribution in [1.82, 2.24) is 4.67 Å². The fourth-order valence-corrected chi connectivity index (χ4v) is 11.4. The Hall–Kier alpha value is -4.62. The van der Waals surface area contributed by atoms with Crippen molar-refractivity contribution in [2.45, 2.75) is 11.7 Å². The summed E-state index contributed by atoms with van der Waals surface area (Å²) in [6.07, 6.45) is -1.12. The molecule has 4 aromatic carbocycles. The Bertz CT molecular complexity index is 1720. The van der Waals surface area contributed by atoms with Crippen LogP contribution in [-0.2, 0) is 29.2 Å². The summed E-state index contributed by atoms with van der Waals surface area (Å²) in [7, 11) is 2.55. The summed E-state index contributed by atoms with van der Waals surface area (Å²) in [4.78, 5) is 43.2. The quantitative estimate of drug-likeness (QED) is 0.140. The summed E-state index contributed by atoms with van der Waals surface area (Å²) >= 11 is 0. The molecule has 44 heavy (non-hydrogen) atoms. The number of carbonyl (C=O) groups excluding carboxylic acids is 3. The van der Waals surface area contributed by atoms with Crippen molar-refractivity contribution in [2.75, 3.05) is 32.6 Å². The van der Waals surface area contributed by atoms with Gasteiger partial charge in [-0.3, -0.25) is 0 Å². The second-order valence-electron chi connectivity index (χ2n) is 11.3. The summed E-state index contributed by atoms with van der Waals surface area (Å²) in [5.74, 6) is -1.72. The van der Waals surface area contributed by atoms with Crippen LogP contribution in [-0.4, -0.2) is 56.1 Å². The molecule has 1 atom stereocenters. The number of ether oxygens (including phenoxy) is 2. The number of ketones is 1. The SMILES string of the molecule is COC(=O)C1=C(C(=O)OC)P2(C)(C)ON(c3ccccc3)C(C(=O)c3ccccc3)N2C1(c1ccccc1)c1ccccc1. The normalized spacial score (nSPS) is 20.7. The molecule has 0 bridgehead atoms. The number of hydrogen-bond acceptors (Lipinski definition) is 8. The van der Waals surface area contributed by atoms with Crippen LogP contribution in [0.2, 0.25) is 0 Å². The number of esters is 2. The number of methoxy groups -OCH3 is 2. The number of benzene rings is 4. The van der Waals surface area contributed by atoms with Gasteiger partial charge in [-0.05, 0) is 0 Å². The zero-order valence-corrected chi connectivity index (χ0v) is 25.8. The van der Waals surface area contributed by atoms with Gasteiger partial charge in [0.05, 0.1) is 0 Å². The van der Waals surface area contributed by atoms with E-state index < -0.39 is 30.6 Å². The Labute approximate surface area is 256 Å². The van der Waals surface area contributed by atoms with Gasteiger partial charge in [0.2, 0.25) is 0 Å². The van der Waals surface area contributed by atoms with E-state index in [1.54, 1.807) is 29.3 Å². The maximum atomic E-state index is 14.9. The summed E-state index contributed by atoms with van der Waals surface area (Å²) in [5, 5.41) is 1.65. The number of carbonyl (C=O) groups is 3. The first-order valence-corrected chi connectivity index (χ1v) is 17.2. The Morgan fingerprint density at radius 2 is 1.14 bits per heavy atom. The molecule has 1 unspecified atom stereocenters. The van der Waals surface area contributed by atoms with Gasteiger partial charge >= 0.3 is 257 Å². The average Bonchev–Trinajstić information content (AvgIpc) is 3.45. The Kier molecular flexibility index (Phi) is 7.25. The summed E-state index contributed by atoms with van der Waals surface area (Å²) in [6.45, 7) is -0.628. The number of anilines is 1. The predicted octanol–water partition coefficient (Wildman–Crippen LogP) is 6.15. The van der Waals surface area contributed by atoms with Crippen LogP contribution < -0.4 is 5.06 Å². The number of rotatable bonds is 7. The molecule has 0 aliphatic carbocycles. The zero-order valence-electron chi connectivity index (χ0n) is 24.9. The summed E-state index contributed by atoms with van der Waals surface area (Å²) in [5.41, 5.74) is 0.941. The van der Waals surface area contributed by atoms with Gasteiger partial charge in [0.15, 0.2) is 0 Å². The number of hydroxylamine groups is 1. The van der Waals surface area contributed by atoms with Crippen LogP contribution >= 0.6 is 6.98 Å². The van der Waals surface area contributed by atoms with Crippen LogP contribution in [0.5, 0.6) is 0 Å². The third-order valence-electron chi connectivity index (χ3n) is 8.44. The molecule has 0 saturated carbocycles. The van der Waals surface area contributed by atoms with E-state index in [-0.39, 0.29) is 16.7 Å². The van der Waals surface area contributed by atoms with Crippen LogP contribution in [0.4, 0.5) is 5.69 Å². The number of para-hydroxylation sites is 1. The number of Topliss-reactive ketones (excluding diaryl/α,β-unsaturated/α-hetero) is 1. The van der Waals surface area contributed by atoms with Crippen molar-refractivity contribution >= 4 is 30.4 Å². The Morgan fingerprint density at radius 3 is 1.61 bits per heavy atom. The topological polar surface area (TPSA) is 85.4 Å². The first kappa shape index (κ1) is 29.5. The second-order valence-corrected chi connectivity index (χ2v) is 16.2. The zero-order chi connectivity index (χ0) is 31.1. The predicted molar refractivity (Wildman–Crippen MR) is 170 cm³/mol. The molecule has 0 N–H and O–H groups in total. The molecule has 9 heteroatoms. The van der Waals surface area contributed by atoms with Crippen LogP contribution in [0.15, 0.2) is 132 Å². The van der Waals surface area contributed by atoms with E-state index in [0.29, 0.717) is 22.4 Å². The van der Waals surface area contributed by atoms with E-state index in [4.69, 9.17) is 14.1 Å². The van der Waals surface area contributed by atoms with Crippen molar-refractivity contribution in [3.05, 3.63) is 149 Å². The molecule has 8 nitrogen and oxygen atoms in total. The Balaban J connectivity index is 1.82. The molecule has 1 saturated heterocycles. The van der Waals surface area contributed by atoms with E-state index in [0.717, 1.165) is 0 Å². The van der Waals surface area contributed by atoms with E-state index in [1.807, 2.05) is 115 Å². The first-order chi connectivity index (χ1) is 21.2. The average molecular weight is 609 g/mol. The van der Waals surface area contributed by atoms with Gasteiger partial charge in [-0.2, -0.15) is 0 Å². The van der Waals surface area contributed by atoms with Gasteiger partial charge in [0.1, 0.15) is 0 Å². The van der Waals surface area contributed by atoms with Crippen molar-refractivity contribution < 1.29 is 28.5 Å². The monoisotopic (exact) mass is 608 g/mol. The van der Waals surface area contributed by atoms with Crippen LogP contribution in [0, 0.1) is 0 Å². The molecule has 6 rings (SSSR count). The van der Waals surface area contributed by atoms with Gasteiger partial charge in [-0.25, -0.2) is 0 Å². The minimum absolute atomic E-state index is 0.0577. The third kappa shape index (κ3) is 4.14. The summed E-state index contributed by atoms with van der Waals surface area (Å²) in [6, 6.07) is 37.0. The fraction of sp³-hybridized carbons (Fsp3) is 0.171.